The predicted molar refractivity (Wildman–Crippen MR) is 122 cm³/mol. The standard InChI is InChI=1S/C24H32N4O3/c1-3-30-24(29)28-15-13-21(14-16-28)27-23(25-2)26-17-19-9-11-22(12-10-19)31-18-20-7-5-4-6-8-20/h4-12,21H,3,13-18H2,1-2H3,(H2,25,26,27). The summed E-state index contributed by atoms with van der Waals surface area (Å²) in [4.78, 5) is 17.9. The lowest BCUT2D eigenvalue weighted by Gasteiger charge is -2.32. The second-order valence-electron chi connectivity index (χ2n) is 7.45. The molecular weight excluding hydrogens is 392 g/mol. The number of hydrogen-bond donors (Lipinski definition) is 2. The van der Waals surface area contributed by atoms with E-state index in [1.54, 1.807) is 11.9 Å². The quantitative estimate of drug-likeness (QED) is 0.525. The molecule has 0 atom stereocenters. The maximum Gasteiger partial charge on any atom is 0.409 e. The zero-order chi connectivity index (χ0) is 21.9. The number of aliphatic imine (C=N–C) groups is 1. The van der Waals surface area contributed by atoms with E-state index in [-0.39, 0.29) is 12.1 Å². The Balaban J connectivity index is 1.40. The van der Waals surface area contributed by atoms with Gasteiger partial charge in [-0.3, -0.25) is 4.99 Å². The third kappa shape index (κ3) is 7.20. The van der Waals surface area contributed by atoms with Crippen LogP contribution < -0.4 is 15.4 Å². The molecule has 0 bridgehead atoms. The van der Waals surface area contributed by atoms with Gasteiger partial charge in [0.15, 0.2) is 5.96 Å². The average molecular weight is 425 g/mol. The summed E-state index contributed by atoms with van der Waals surface area (Å²) in [6.45, 7) is 4.85. The molecule has 2 aromatic carbocycles. The molecule has 7 nitrogen and oxygen atoms in total. The maximum atomic E-state index is 11.8. The molecule has 7 heteroatoms. The van der Waals surface area contributed by atoms with Crippen molar-refractivity contribution in [2.45, 2.75) is 39.0 Å². The van der Waals surface area contributed by atoms with Crippen LogP contribution in [0.4, 0.5) is 4.79 Å². The number of hydrogen-bond acceptors (Lipinski definition) is 4. The molecule has 0 saturated carbocycles. The first-order valence-corrected chi connectivity index (χ1v) is 10.8. The number of amides is 1. The van der Waals surface area contributed by atoms with Gasteiger partial charge in [-0.05, 0) is 43.0 Å². The first kappa shape index (κ1) is 22.5. The number of nitrogens with one attached hydrogen (secondary N) is 2. The van der Waals surface area contributed by atoms with Crippen LogP contribution in [0.5, 0.6) is 5.75 Å². The van der Waals surface area contributed by atoms with E-state index in [1.807, 2.05) is 37.3 Å². The minimum atomic E-state index is -0.223. The summed E-state index contributed by atoms with van der Waals surface area (Å²) >= 11 is 0. The first-order valence-electron chi connectivity index (χ1n) is 10.8. The Hall–Kier alpha value is -3.22. The van der Waals surface area contributed by atoms with Crippen molar-refractivity contribution in [2.24, 2.45) is 4.99 Å². The maximum absolute atomic E-state index is 11.8. The number of carbonyl (C=O) groups excluding carboxylic acids is 1. The van der Waals surface area contributed by atoms with E-state index in [1.165, 1.54) is 0 Å². The number of rotatable bonds is 7. The van der Waals surface area contributed by atoms with Crippen molar-refractivity contribution >= 4 is 12.1 Å². The Kier molecular flexibility index (Phi) is 8.58. The summed E-state index contributed by atoms with van der Waals surface area (Å²) in [7, 11) is 1.77. The van der Waals surface area contributed by atoms with Gasteiger partial charge in [0.25, 0.3) is 0 Å². The highest BCUT2D eigenvalue weighted by Gasteiger charge is 2.23. The van der Waals surface area contributed by atoms with Crippen LogP contribution >= 0.6 is 0 Å². The Bertz CT molecular complexity index is 832. The lowest BCUT2D eigenvalue weighted by Crippen LogP contribution is -2.49. The number of benzene rings is 2. The van der Waals surface area contributed by atoms with Gasteiger partial charge in [0.05, 0.1) is 6.61 Å². The molecule has 3 rings (SSSR count). The van der Waals surface area contributed by atoms with E-state index in [9.17, 15) is 4.79 Å². The summed E-state index contributed by atoms with van der Waals surface area (Å²) < 4.78 is 10.9. The molecule has 0 spiro atoms. The van der Waals surface area contributed by atoms with Crippen molar-refractivity contribution in [1.82, 2.24) is 15.5 Å². The molecule has 2 N–H and O–H groups in total. The highest BCUT2D eigenvalue weighted by Crippen LogP contribution is 2.15. The zero-order valence-corrected chi connectivity index (χ0v) is 18.3. The van der Waals surface area contributed by atoms with Crippen molar-refractivity contribution in [3.05, 3.63) is 65.7 Å². The second-order valence-corrected chi connectivity index (χ2v) is 7.45. The molecule has 1 heterocycles. The van der Waals surface area contributed by atoms with Gasteiger partial charge in [0, 0.05) is 32.7 Å². The molecule has 31 heavy (non-hydrogen) atoms. The topological polar surface area (TPSA) is 75.2 Å². The largest absolute Gasteiger partial charge is 0.489 e. The second kappa shape index (κ2) is 11.8. The van der Waals surface area contributed by atoms with Crippen LogP contribution in [0.15, 0.2) is 59.6 Å². The summed E-state index contributed by atoms with van der Waals surface area (Å²) in [6.07, 6.45) is 1.51. The number of nitrogens with zero attached hydrogens (tertiary/aromatic N) is 2. The van der Waals surface area contributed by atoms with Crippen molar-refractivity contribution in [3.8, 4) is 5.75 Å². The van der Waals surface area contributed by atoms with Crippen LogP contribution in [-0.4, -0.2) is 49.7 Å². The highest BCUT2D eigenvalue weighted by atomic mass is 16.6. The lowest BCUT2D eigenvalue weighted by atomic mass is 10.1. The SMILES string of the molecule is CCOC(=O)N1CCC(NC(=NC)NCc2ccc(OCc3ccccc3)cc2)CC1. The first-order chi connectivity index (χ1) is 15.2. The molecular formula is C24H32N4O3. The Morgan fingerprint density at radius 2 is 1.77 bits per heavy atom. The van der Waals surface area contributed by atoms with Gasteiger partial charge >= 0.3 is 6.09 Å². The molecule has 1 aliphatic rings. The van der Waals surface area contributed by atoms with Crippen molar-refractivity contribution in [2.75, 3.05) is 26.7 Å². The Morgan fingerprint density at radius 1 is 1.06 bits per heavy atom. The summed E-state index contributed by atoms with van der Waals surface area (Å²) in [5, 5.41) is 6.81. The Labute approximate surface area is 184 Å². The molecule has 166 valence electrons. The third-order valence-corrected chi connectivity index (χ3v) is 5.22. The third-order valence-electron chi connectivity index (χ3n) is 5.22. The zero-order valence-electron chi connectivity index (χ0n) is 18.3. The van der Waals surface area contributed by atoms with E-state index in [2.05, 4.69) is 39.9 Å². The van der Waals surface area contributed by atoms with Gasteiger partial charge in [0.1, 0.15) is 12.4 Å². The van der Waals surface area contributed by atoms with Gasteiger partial charge in [-0.1, -0.05) is 42.5 Å². The molecule has 0 aliphatic carbocycles. The minimum Gasteiger partial charge on any atom is -0.489 e. The van der Waals surface area contributed by atoms with E-state index in [4.69, 9.17) is 9.47 Å². The molecule has 1 amide bonds. The van der Waals surface area contributed by atoms with Crippen LogP contribution in [0.1, 0.15) is 30.9 Å². The fourth-order valence-corrected chi connectivity index (χ4v) is 3.44. The summed E-state index contributed by atoms with van der Waals surface area (Å²) in [5.74, 6) is 1.61. The Morgan fingerprint density at radius 3 is 2.42 bits per heavy atom. The van der Waals surface area contributed by atoms with E-state index < -0.39 is 0 Å². The van der Waals surface area contributed by atoms with Gasteiger partial charge in [-0.2, -0.15) is 0 Å². The summed E-state index contributed by atoms with van der Waals surface area (Å²) in [5.41, 5.74) is 2.29. The van der Waals surface area contributed by atoms with Gasteiger partial charge in [-0.15, -0.1) is 0 Å². The molecule has 0 aromatic heterocycles. The number of carbonyl (C=O) groups is 1. The smallest absolute Gasteiger partial charge is 0.409 e. The van der Waals surface area contributed by atoms with Crippen molar-refractivity contribution in [3.63, 3.8) is 0 Å². The van der Waals surface area contributed by atoms with E-state index in [0.29, 0.717) is 32.8 Å². The minimum absolute atomic E-state index is 0.223. The number of ether oxygens (including phenoxy) is 2. The van der Waals surface area contributed by atoms with Crippen LogP contribution in [0, 0.1) is 0 Å². The van der Waals surface area contributed by atoms with Crippen LogP contribution in [0.25, 0.3) is 0 Å². The van der Waals surface area contributed by atoms with Crippen LogP contribution in [0.3, 0.4) is 0 Å². The fraction of sp³-hybridized carbons (Fsp3) is 0.417. The lowest BCUT2D eigenvalue weighted by molar-refractivity contribution is 0.0963. The number of guanidine groups is 1. The van der Waals surface area contributed by atoms with Crippen LogP contribution in [-0.2, 0) is 17.9 Å². The molecule has 1 aliphatic heterocycles. The molecule has 0 radical (unpaired) electrons. The van der Waals surface area contributed by atoms with Gasteiger partial charge < -0.3 is 25.0 Å². The molecule has 0 unspecified atom stereocenters. The molecule has 1 saturated heterocycles. The van der Waals surface area contributed by atoms with E-state index in [0.717, 1.165) is 35.7 Å². The highest BCUT2D eigenvalue weighted by molar-refractivity contribution is 5.80. The summed E-state index contributed by atoms with van der Waals surface area (Å²) in [6, 6.07) is 18.5. The molecule has 2 aromatic rings. The molecule has 1 fully saturated rings. The van der Waals surface area contributed by atoms with E-state index >= 15 is 0 Å². The average Bonchev–Trinajstić information content (AvgIpc) is 2.82. The predicted octanol–water partition coefficient (Wildman–Crippen LogP) is 3.55. The van der Waals surface area contributed by atoms with Gasteiger partial charge in [0.2, 0.25) is 0 Å². The number of likely N-dealkylation sites (tertiary alicyclic amines) is 1. The van der Waals surface area contributed by atoms with Crippen LogP contribution in [0.2, 0.25) is 0 Å². The monoisotopic (exact) mass is 424 g/mol. The normalized spacial score (nSPS) is 14.8. The number of piperidine rings is 1. The fourth-order valence-electron chi connectivity index (χ4n) is 3.44. The van der Waals surface area contributed by atoms with Crippen molar-refractivity contribution < 1.29 is 14.3 Å². The van der Waals surface area contributed by atoms with Gasteiger partial charge in [-0.25, -0.2) is 4.79 Å². The van der Waals surface area contributed by atoms with Crippen molar-refractivity contribution in [1.29, 1.82) is 0 Å².